The number of pyridine rings is 1. The van der Waals surface area contributed by atoms with E-state index in [1.807, 2.05) is 6.92 Å². The Morgan fingerprint density at radius 3 is 2.79 bits per heavy atom. The lowest BCUT2D eigenvalue weighted by Gasteiger charge is -2.04. The molecule has 76 valence electrons. The van der Waals surface area contributed by atoms with Gasteiger partial charge >= 0.3 is 5.69 Å². The van der Waals surface area contributed by atoms with Crippen molar-refractivity contribution in [3.05, 3.63) is 27.9 Å². The Balaban J connectivity index is 3.21. The minimum Gasteiger partial charge on any atom is -0.476 e. The first-order chi connectivity index (χ1) is 6.56. The lowest BCUT2D eigenvalue weighted by Crippen LogP contribution is -1.98. The summed E-state index contributed by atoms with van der Waals surface area (Å²) in [5.41, 5.74) is 0.633. The Morgan fingerprint density at radius 2 is 2.36 bits per heavy atom. The number of aromatic nitrogens is 1. The van der Waals surface area contributed by atoms with Crippen LogP contribution in [0.25, 0.3) is 0 Å². The Kier molecular flexibility index (Phi) is 3.40. The Hall–Kier alpha value is -1.17. The highest BCUT2D eigenvalue weighted by molar-refractivity contribution is 9.09. The van der Waals surface area contributed by atoms with Crippen molar-refractivity contribution in [1.29, 1.82) is 0 Å². The summed E-state index contributed by atoms with van der Waals surface area (Å²) in [5, 5.41) is 10.6. The number of nitrogens with zero attached hydrogens (tertiary/aromatic N) is 2. The standard InChI is InChI=1S/C8H9BrN2O3/c1-5(9)6-3-7(11(12)13)8(14-2)10-4-6/h3-5H,1-2H3. The average molecular weight is 261 g/mol. The monoisotopic (exact) mass is 260 g/mol. The minimum absolute atomic E-state index is 0.0274. The molecule has 0 saturated heterocycles. The molecule has 0 fully saturated rings. The van der Waals surface area contributed by atoms with Gasteiger partial charge < -0.3 is 4.74 Å². The van der Waals surface area contributed by atoms with E-state index in [-0.39, 0.29) is 16.4 Å². The Labute approximate surface area is 89.4 Å². The average Bonchev–Trinajstić information content (AvgIpc) is 2.16. The largest absolute Gasteiger partial charge is 0.476 e. The van der Waals surface area contributed by atoms with E-state index in [9.17, 15) is 10.1 Å². The molecular formula is C8H9BrN2O3. The molecular weight excluding hydrogens is 252 g/mol. The maximum Gasteiger partial charge on any atom is 0.331 e. The van der Waals surface area contributed by atoms with Gasteiger partial charge in [-0.1, -0.05) is 15.9 Å². The molecule has 5 nitrogen and oxygen atoms in total. The van der Waals surface area contributed by atoms with Crippen molar-refractivity contribution in [2.24, 2.45) is 0 Å². The zero-order chi connectivity index (χ0) is 10.7. The fourth-order valence-electron chi connectivity index (χ4n) is 0.962. The van der Waals surface area contributed by atoms with Gasteiger partial charge in [0, 0.05) is 17.1 Å². The molecule has 0 bridgehead atoms. The van der Waals surface area contributed by atoms with Crippen molar-refractivity contribution >= 4 is 21.6 Å². The van der Waals surface area contributed by atoms with Crippen molar-refractivity contribution < 1.29 is 9.66 Å². The van der Waals surface area contributed by atoms with Gasteiger partial charge in [0.25, 0.3) is 5.88 Å². The minimum atomic E-state index is -0.509. The zero-order valence-electron chi connectivity index (χ0n) is 7.73. The Bertz CT molecular complexity index is 354. The summed E-state index contributed by atoms with van der Waals surface area (Å²) in [6.07, 6.45) is 1.55. The maximum absolute atomic E-state index is 10.6. The van der Waals surface area contributed by atoms with Gasteiger partial charge in [-0.2, -0.15) is 0 Å². The summed E-state index contributed by atoms with van der Waals surface area (Å²) in [5.74, 6) is 0.0342. The van der Waals surface area contributed by atoms with E-state index in [4.69, 9.17) is 4.74 Å². The highest BCUT2D eigenvalue weighted by atomic mass is 79.9. The fourth-order valence-corrected chi connectivity index (χ4v) is 1.21. The third-order valence-corrected chi connectivity index (χ3v) is 2.23. The molecule has 1 aromatic rings. The van der Waals surface area contributed by atoms with E-state index in [0.717, 1.165) is 5.56 Å². The third kappa shape index (κ3) is 2.20. The number of ether oxygens (including phenoxy) is 1. The van der Waals surface area contributed by atoms with Crippen molar-refractivity contribution in [3.63, 3.8) is 0 Å². The number of alkyl halides is 1. The van der Waals surface area contributed by atoms with E-state index in [1.165, 1.54) is 13.2 Å². The molecule has 1 unspecified atom stereocenters. The van der Waals surface area contributed by atoms with Gasteiger partial charge in [-0.3, -0.25) is 10.1 Å². The normalized spacial score (nSPS) is 12.2. The van der Waals surface area contributed by atoms with Crippen LogP contribution < -0.4 is 4.74 Å². The van der Waals surface area contributed by atoms with Crippen LogP contribution in [0.2, 0.25) is 0 Å². The van der Waals surface area contributed by atoms with Gasteiger partial charge in [-0.05, 0) is 12.5 Å². The number of hydrogen-bond acceptors (Lipinski definition) is 4. The topological polar surface area (TPSA) is 65.3 Å². The number of rotatable bonds is 3. The summed E-state index contributed by atoms with van der Waals surface area (Å²) in [4.78, 5) is 14.0. The van der Waals surface area contributed by atoms with Crippen LogP contribution in [0, 0.1) is 10.1 Å². The van der Waals surface area contributed by atoms with Gasteiger partial charge in [0.15, 0.2) is 0 Å². The molecule has 0 aliphatic carbocycles. The quantitative estimate of drug-likeness (QED) is 0.476. The van der Waals surface area contributed by atoms with Gasteiger partial charge in [-0.15, -0.1) is 0 Å². The van der Waals surface area contributed by atoms with E-state index in [0.29, 0.717) is 0 Å². The second-order valence-electron chi connectivity index (χ2n) is 2.67. The SMILES string of the molecule is COc1ncc(C(C)Br)cc1[N+](=O)[O-]. The highest BCUT2D eigenvalue weighted by Gasteiger charge is 2.18. The Morgan fingerprint density at radius 1 is 1.71 bits per heavy atom. The zero-order valence-corrected chi connectivity index (χ0v) is 9.32. The van der Waals surface area contributed by atoms with Gasteiger partial charge in [0.2, 0.25) is 0 Å². The summed E-state index contributed by atoms with van der Waals surface area (Å²) in [7, 11) is 1.35. The summed E-state index contributed by atoms with van der Waals surface area (Å²) >= 11 is 3.31. The molecule has 1 heterocycles. The van der Waals surface area contributed by atoms with Crippen LogP contribution in [0.1, 0.15) is 17.3 Å². The van der Waals surface area contributed by atoms with Crippen molar-refractivity contribution in [2.75, 3.05) is 7.11 Å². The van der Waals surface area contributed by atoms with Crippen molar-refractivity contribution in [2.45, 2.75) is 11.8 Å². The second-order valence-corrected chi connectivity index (χ2v) is 4.04. The number of nitro groups is 1. The molecule has 0 aliphatic rings. The summed E-state index contributed by atoms with van der Waals surface area (Å²) in [6.45, 7) is 1.87. The van der Waals surface area contributed by atoms with Crippen LogP contribution in [-0.4, -0.2) is 17.0 Å². The lowest BCUT2D eigenvalue weighted by atomic mass is 10.2. The van der Waals surface area contributed by atoms with Crippen LogP contribution >= 0.6 is 15.9 Å². The highest BCUT2D eigenvalue weighted by Crippen LogP contribution is 2.29. The molecule has 0 spiro atoms. The predicted molar refractivity (Wildman–Crippen MR) is 54.8 cm³/mol. The second kappa shape index (κ2) is 4.36. The number of halogens is 1. The van der Waals surface area contributed by atoms with Crippen LogP contribution in [0.15, 0.2) is 12.3 Å². The van der Waals surface area contributed by atoms with Gasteiger partial charge in [0.05, 0.1) is 12.0 Å². The first kappa shape index (κ1) is 10.9. The van der Waals surface area contributed by atoms with Gasteiger partial charge in [0.1, 0.15) is 0 Å². The van der Waals surface area contributed by atoms with Crippen LogP contribution in [0.3, 0.4) is 0 Å². The predicted octanol–water partition coefficient (Wildman–Crippen LogP) is 2.45. The fraction of sp³-hybridized carbons (Fsp3) is 0.375. The van der Waals surface area contributed by atoms with E-state index >= 15 is 0 Å². The molecule has 0 radical (unpaired) electrons. The van der Waals surface area contributed by atoms with E-state index in [1.54, 1.807) is 6.20 Å². The summed E-state index contributed by atoms with van der Waals surface area (Å²) < 4.78 is 4.77. The number of methoxy groups -OCH3 is 1. The molecule has 0 N–H and O–H groups in total. The van der Waals surface area contributed by atoms with Crippen molar-refractivity contribution in [3.8, 4) is 5.88 Å². The smallest absolute Gasteiger partial charge is 0.331 e. The first-order valence-corrected chi connectivity index (χ1v) is 4.80. The maximum atomic E-state index is 10.6. The van der Waals surface area contributed by atoms with E-state index < -0.39 is 4.92 Å². The lowest BCUT2D eigenvalue weighted by molar-refractivity contribution is -0.386. The third-order valence-electron chi connectivity index (χ3n) is 1.70. The first-order valence-electron chi connectivity index (χ1n) is 3.88. The van der Waals surface area contributed by atoms with Crippen molar-refractivity contribution in [1.82, 2.24) is 4.98 Å². The molecule has 1 rings (SSSR count). The van der Waals surface area contributed by atoms with Crippen LogP contribution in [0.5, 0.6) is 5.88 Å². The molecule has 6 heteroatoms. The molecule has 14 heavy (non-hydrogen) atoms. The van der Waals surface area contributed by atoms with Crippen LogP contribution in [0.4, 0.5) is 5.69 Å². The van der Waals surface area contributed by atoms with E-state index in [2.05, 4.69) is 20.9 Å². The number of hydrogen-bond donors (Lipinski definition) is 0. The molecule has 0 amide bonds. The molecule has 1 aromatic heterocycles. The molecule has 0 saturated carbocycles. The molecule has 1 atom stereocenters. The van der Waals surface area contributed by atoms with Crippen LogP contribution in [-0.2, 0) is 0 Å². The van der Waals surface area contributed by atoms with Gasteiger partial charge in [-0.25, -0.2) is 4.98 Å². The molecule has 0 aromatic carbocycles. The molecule has 0 aliphatic heterocycles. The summed E-state index contributed by atoms with van der Waals surface area (Å²) in [6, 6.07) is 1.45.